The van der Waals surface area contributed by atoms with Crippen LogP contribution in [0.4, 0.5) is 0 Å². The Morgan fingerprint density at radius 1 is 1.18 bits per heavy atom. The molecule has 6 nitrogen and oxygen atoms in total. The molecule has 0 radical (unpaired) electrons. The topological polar surface area (TPSA) is 73.9 Å². The van der Waals surface area contributed by atoms with Gasteiger partial charge >= 0.3 is 5.97 Å². The molecule has 0 heterocycles. The lowest BCUT2D eigenvalue weighted by Gasteiger charge is -2.17. The zero-order valence-electron chi connectivity index (χ0n) is 13.3. The minimum Gasteiger partial charge on any atom is -0.497 e. The van der Waals surface area contributed by atoms with Gasteiger partial charge in [-0.25, -0.2) is 0 Å². The molecule has 22 heavy (non-hydrogen) atoms. The zero-order valence-corrected chi connectivity index (χ0v) is 13.3. The number of esters is 1. The van der Waals surface area contributed by atoms with Crippen LogP contribution in [-0.2, 0) is 14.3 Å². The lowest BCUT2D eigenvalue weighted by Crippen LogP contribution is -2.38. The molecule has 0 aliphatic heterocycles. The number of benzene rings is 1. The molecule has 1 aromatic rings. The van der Waals surface area contributed by atoms with Gasteiger partial charge in [-0.1, -0.05) is 0 Å². The Bertz CT molecular complexity index is 472. The van der Waals surface area contributed by atoms with Crippen LogP contribution in [0.15, 0.2) is 24.3 Å². The fourth-order valence-electron chi connectivity index (χ4n) is 1.93. The molecule has 1 aromatic carbocycles. The Labute approximate surface area is 130 Å². The highest BCUT2D eigenvalue weighted by Crippen LogP contribution is 2.11. The van der Waals surface area contributed by atoms with Gasteiger partial charge in [0.15, 0.2) is 0 Å². The van der Waals surface area contributed by atoms with Crippen molar-refractivity contribution in [2.24, 2.45) is 0 Å². The van der Waals surface area contributed by atoms with E-state index in [4.69, 9.17) is 14.2 Å². The summed E-state index contributed by atoms with van der Waals surface area (Å²) in [5.74, 6) is 0.197. The Kier molecular flexibility index (Phi) is 7.99. The van der Waals surface area contributed by atoms with E-state index in [1.807, 2.05) is 0 Å². The molecule has 0 spiro atoms. The SMILES string of the molecule is CCOC(=O)CC[C@@H](COC)NC(=O)c1ccc(OC)cc1. The summed E-state index contributed by atoms with van der Waals surface area (Å²) in [6, 6.07) is 6.56. The van der Waals surface area contributed by atoms with Crippen LogP contribution in [0.1, 0.15) is 30.1 Å². The molecular formula is C16H23NO5. The second-order valence-corrected chi connectivity index (χ2v) is 4.70. The molecule has 0 saturated carbocycles. The molecule has 1 amide bonds. The van der Waals surface area contributed by atoms with Crippen LogP contribution in [0.3, 0.4) is 0 Å². The van der Waals surface area contributed by atoms with Gasteiger partial charge in [0.2, 0.25) is 0 Å². The first-order valence-electron chi connectivity index (χ1n) is 7.20. The van der Waals surface area contributed by atoms with Crippen molar-refractivity contribution < 1.29 is 23.8 Å². The number of carbonyl (C=O) groups excluding carboxylic acids is 2. The number of methoxy groups -OCH3 is 2. The van der Waals surface area contributed by atoms with E-state index in [9.17, 15) is 9.59 Å². The first kappa shape index (κ1) is 18.0. The molecule has 0 aromatic heterocycles. The molecule has 0 unspecified atom stereocenters. The molecule has 6 heteroatoms. The molecule has 0 aliphatic carbocycles. The molecule has 0 bridgehead atoms. The van der Waals surface area contributed by atoms with Crippen molar-refractivity contribution >= 4 is 11.9 Å². The molecule has 0 fully saturated rings. The number of carbonyl (C=O) groups is 2. The van der Waals surface area contributed by atoms with Crippen LogP contribution in [0.5, 0.6) is 5.75 Å². The quantitative estimate of drug-likeness (QED) is 0.704. The van der Waals surface area contributed by atoms with Gasteiger partial charge in [0.25, 0.3) is 5.91 Å². The van der Waals surface area contributed by atoms with Crippen molar-refractivity contribution in [2.75, 3.05) is 27.4 Å². The number of rotatable bonds is 9. The van der Waals surface area contributed by atoms with Crippen molar-refractivity contribution in [3.63, 3.8) is 0 Å². The second-order valence-electron chi connectivity index (χ2n) is 4.70. The third kappa shape index (κ3) is 6.13. The van der Waals surface area contributed by atoms with Gasteiger partial charge in [0.1, 0.15) is 5.75 Å². The first-order valence-corrected chi connectivity index (χ1v) is 7.20. The lowest BCUT2D eigenvalue weighted by atomic mass is 10.1. The van der Waals surface area contributed by atoms with E-state index >= 15 is 0 Å². The number of ether oxygens (including phenoxy) is 3. The van der Waals surface area contributed by atoms with Crippen LogP contribution in [0.2, 0.25) is 0 Å². The third-order valence-corrected chi connectivity index (χ3v) is 3.06. The van der Waals surface area contributed by atoms with Crippen molar-refractivity contribution in [1.29, 1.82) is 0 Å². The molecule has 0 saturated heterocycles. The van der Waals surface area contributed by atoms with Crippen LogP contribution in [-0.4, -0.2) is 45.4 Å². The van der Waals surface area contributed by atoms with E-state index in [0.29, 0.717) is 30.9 Å². The van der Waals surface area contributed by atoms with Gasteiger partial charge in [-0.3, -0.25) is 9.59 Å². The molecular weight excluding hydrogens is 286 g/mol. The normalized spacial score (nSPS) is 11.6. The van der Waals surface area contributed by atoms with Crippen LogP contribution in [0.25, 0.3) is 0 Å². The van der Waals surface area contributed by atoms with Crippen molar-refractivity contribution in [3.05, 3.63) is 29.8 Å². The number of amides is 1. The number of hydrogen-bond donors (Lipinski definition) is 1. The Morgan fingerprint density at radius 2 is 1.86 bits per heavy atom. The smallest absolute Gasteiger partial charge is 0.305 e. The van der Waals surface area contributed by atoms with Gasteiger partial charge in [0.05, 0.1) is 26.4 Å². The van der Waals surface area contributed by atoms with Gasteiger partial charge in [0, 0.05) is 19.1 Å². The van der Waals surface area contributed by atoms with E-state index in [-0.39, 0.29) is 24.3 Å². The van der Waals surface area contributed by atoms with Gasteiger partial charge in [-0.05, 0) is 37.6 Å². The number of nitrogens with one attached hydrogen (secondary N) is 1. The summed E-state index contributed by atoms with van der Waals surface area (Å²) in [6.45, 7) is 2.45. The predicted molar refractivity (Wildman–Crippen MR) is 82.0 cm³/mol. The van der Waals surface area contributed by atoms with E-state index in [1.165, 1.54) is 0 Å². The van der Waals surface area contributed by atoms with Crippen molar-refractivity contribution in [2.45, 2.75) is 25.8 Å². The van der Waals surface area contributed by atoms with Gasteiger partial charge in [-0.15, -0.1) is 0 Å². The summed E-state index contributed by atoms with van der Waals surface area (Å²) < 4.78 is 15.0. The minimum atomic E-state index is -0.276. The summed E-state index contributed by atoms with van der Waals surface area (Å²) in [5, 5.41) is 2.86. The second kappa shape index (κ2) is 9.78. The van der Waals surface area contributed by atoms with Gasteiger partial charge in [-0.2, -0.15) is 0 Å². The summed E-state index contributed by atoms with van der Waals surface area (Å²) in [6.07, 6.45) is 0.708. The van der Waals surface area contributed by atoms with Crippen LogP contribution in [0, 0.1) is 0 Å². The van der Waals surface area contributed by atoms with Crippen LogP contribution >= 0.6 is 0 Å². The van der Waals surface area contributed by atoms with Crippen molar-refractivity contribution in [1.82, 2.24) is 5.32 Å². The summed E-state index contributed by atoms with van der Waals surface area (Å²) in [5.41, 5.74) is 0.526. The number of hydrogen-bond acceptors (Lipinski definition) is 5. The molecule has 122 valence electrons. The largest absolute Gasteiger partial charge is 0.497 e. The fourth-order valence-corrected chi connectivity index (χ4v) is 1.93. The van der Waals surface area contributed by atoms with E-state index in [2.05, 4.69) is 5.32 Å². The zero-order chi connectivity index (χ0) is 16.4. The van der Waals surface area contributed by atoms with E-state index in [1.54, 1.807) is 45.4 Å². The molecule has 0 aliphatic rings. The first-order chi connectivity index (χ1) is 10.6. The Hall–Kier alpha value is -2.08. The monoisotopic (exact) mass is 309 g/mol. The fraction of sp³-hybridized carbons (Fsp3) is 0.500. The molecule has 1 rings (SSSR count). The maximum atomic E-state index is 12.2. The molecule has 1 atom stereocenters. The average Bonchev–Trinajstić information content (AvgIpc) is 2.53. The summed E-state index contributed by atoms with van der Waals surface area (Å²) >= 11 is 0. The maximum absolute atomic E-state index is 12.2. The van der Waals surface area contributed by atoms with Crippen LogP contribution < -0.4 is 10.1 Å². The average molecular weight is 309 g/mol. The van der Waals surface area contributed by atoms with Gasteiger partial charge < -0.3 is 19.5 Å². The van der Waals surface area contributed by atoms with Crippen molar-refractivity contribution in [3.8, 4) is 5.75 Å². The highest BCUT2D eigenvalue weighted by atomic mass is 16.5. The maximum Gasteiger partial charge on any atom is 0.305 e. The third-order valence-electron chi connectivity index (χ3n) is 3.06. The highest BCUT2D eigenvalue weighted by Gasteiger charge is 2.15. The minimum absolute atomic E-state index is 0.214. The predicted octanol–water partition coefficient (Wildman–Crippen LogP) is 1.78. The molecule has 1 N–H and O–H groups in total. The summed E-state index contributed by atoms with van der Waals surface area (Å²) in [7, 11) is 3.12. The summed E-state index contributed by atoms with van der Waals surface area (Å²) in [4.78, 5) is 23.6. The standard InChI is InChI=1S/C16H23NO5/c1-4-22-15(18)10-7-13(11-20-2)17-16(19)12-5-8-14(21-3)9-6-12/h5-6,8-9,13H,4,7,10-11H2,1-3H3,(H,17,19)/t13-/m0/s1. The highest BCUT2D eigenvalue weighted by molar-refractivity contribution is 5.94. The Balaban J connectivity index is 2.56. The Morgan fingerprint density at radius 3 is 2.41 bits per heavy atom. The van der Waals surface area contributed by atoms with E-state index < -0.39 is 0 Å². The lowest BCUT2D eigenvalue weighted by molar-refractivity contribution is -0.143. The van der Waals surface area contributed by atoms with E-state index in [0.717, 1.165) is 0 Å².